The van der Waals surface area contributed by atoms with Crippen molar-refractivity contribution in [2.75, 3.05) is 0 Å². The van der Waals surface area contributed by atoms with E-state index in [0.29, 0.717) is 0 Å². The Hall–Kier alpha value is -0.130. The van der Waals surface area contributed by atoms with Gasteiger partial charge in [-0.2, -0.15) is 0 Å². The maximum Gasteiger partial charge on any atom is 0.177 e. The highest BCUT2D eigenvalue weighted by molar-refractivity contribution is 7.84. The van der Waals surface area contributed by atoms with Gasteiger partial charge in [0.05, 0.1) is 11.1 Å². The quantitative estimate of drug-likeness (QED) is 0.801. The van der Waals surface area contributed by atoms with Crippen molar-refractivity contribution in [2.45, 2.75) is 75.3 Å². The zero-order chi connectivity index (χ0) is 13.1. The van der Waals surface area contributed by atoms with Gasteiger partial charge in [0.2, 0.25) is 0 Å². The highest BCUT2D eigenvalue weighted by Gasteiger charge is 2.48. The maximum absolute atomic E-state index is 10.4. The Morgan fingerprint density at radius 2 is 1.11 bits per heavy atom. The van der Waals surface area contributed by atoms with E-state index in [1.807, 2.05) is 0 Å². The fourth-order valence-electron chi connectivity index (χ4n) is 5.12. The van der Waals surface area contributed by atoms with Crippen LogP contribution in [-0.2, 0) is 10.2 Å². The van der Waals surface area contributed by atoms with Crippen LogP contribution in [0.15, 0.2) is 8.73 Å². The van der Waals surface area contributed by atoms with Crippen LogP contribution >= 0.6 is 0 Å². The number of hydrogen-bond donors (Lipinski definition) is 2. The molecule has 4 saturated carbocycles. The van der Waals surface area contributed by atoms with Crippen LogP contribution in [0.25, 0.3) is 0 Å². The van der Waals surface area contributed by atoms with Crippen LogP contribution in [0.3, 0.4) is 0 Å². The lowest BCUT2D eigenvalue weighted by atomic mass is 9.95. The predicted octanol–water partition coefficient (Wildman–Crippen LogP) is 4.12. The first-order valence-electron chi connectivity index (χ1n) is 7.75. The van der Waals surface area contributed by atoms with Crippen LogP contribution in [-0.4, -0.2) is 20.2 Å². The third-order valence-corrected chi connectivity index (χ3v) is 7.31. The van der Waals surface area contributed by atoms with Crippen molar-refractivity contribution in [3.05, 3.63) is 0 Å². The average molecular weight is 284 g/mol. The highest BCUT2D eigenvalue weighted by Crippen LogP contribution is 2.52. The predicted molar refractivity (Wildman–Crippen MR) is 76.1 cm³/mol. The Morgan fingerprint density at radius 3 is 1.37 bits per heavy atom. The van der Waals surface area contributed by atoms with Gasteiger partial charge >= 0.3 is 0 Å². The summed E-state index contributed by atoms with van der Waals surface area (Å²) >= 11 is 0. The molecule has 0 aliphatic heterocycles. The molecule has 0 amide bonds. The van der Waals surface area contributed by atoms with Crippen LogP contribution in [0.5, 0.6) is 0 Å². The molecule has 0 aromatic carbocycles. The SMILES string of the molecule is OS(O)(=NC12CCC(CC1)C2)=NC12CCC(CC1)C2. The van der Waals surface area contributed by atoms with Gasteiger partial charge in [-0.05, 0) is 76.0 Å². The summed E-state index contributed by atoms with van der Waals surface area (Å²) in [5.74, 6) is 1.55. The van der Waals surface area contributed by atoms with Gasteiger partial charge in [-0.25, -0.2) is 8.73 Å². The van der Waals surface area contributed by atoms with Gasteiger partial charge in [-0.3, -0.25) is 9.11 Å². The molecule has 108 valence electrons. The Kier molecular flexibility index (Phi) is 2.62. The second-order valence-corrected chi connectivity index (χ2v) is 8.76. The van der Waals surface area contributed by atoms with E-state index in [1.54, 1.807) is 0 Å². The van der Waals surface area contributed by atoms with E-state index in [9.17, 15) is 9.11 Å². The summed E-state index contributed by atoms with van der Waals surface area (Å²) in [6.07, 6.45) is 11.1. The van der Waals surface area contributed by atoms with E-state index in [0.717, 1.165) is 50.4 Å². The summed E-state index contributed by atoms with van der Waals surface area (Å²) in [5.41, 5.74) is -0.277. The van der Waals surface area contributed by atoms with E-state index in [2.05, 4.69) is 8.73 Å². The lowest BCUT2D eigenvalue weighted by Crippen LogP contribution is -2.25. The van der Waals surface area contributed by atoms with Crippen molar-refractivity contribution >= 4 is 10.2 Å². The molecule has 4 nitrogen and oxygen atoms in total. The molecule has 0 saturated heterocycles. The lowest BCUT2D eigenvalue weighted by molar-refractivity contribution is 0.391. The second kappa shape index (κ2) is 3.95. The van der Waals surface area contributed by atoms with Gasteiger partial charge in [0.1, 0.15) is 0 Å². The Labute approximate surface area is 115 Å². The first kappa shape index (κ1) is 12.6. The largest absolute Gasteiger partial charge is 0.295 e. The van der Waals surface area contributed by atoms with Gasteiger partial charge in [0.15, 0.2) is 10.2 Å². The summed E-state index contributed by atoms with van der Waals surface area (Å²) in [6, 6.07) is 0. The molecule has 4 bridgehead atoms. The molecule has 0 atom stereocenters. The van der Waals surface area contributed by atoms with Gasteiger partial charge in [0, 0.05) is 0 Å². The second-order valence-electron chi connectivity index (χ2n) is 7.42. The van der Waals surface area contributed by atoms with E-state index < -0.39 is 10.2 Å². The van der Waals surface area contributed by atoms with Crippen LogP contribution in [0.1, 0.15) is 64.2 Å². The minimum atomic E-state index is -3.09. The van der Waals surface area contributed by atoms with Crippen molar-refractivity contribution in [2.24, 2.45) is 20.6 Å². The van der Waals surface area contributed by atoms with Crippen molar-refractivity contribution in [3.8, 4) is 0 Å². The van der Waals surface area contributed by atoms with Crippen LogP contribution in [0, 0.1) is 11.8 Å². The number of fused-ring (bicyclic) bond motifs is 4. The Balaban J connectivity index is 1.68. The van der Waals surface area contributed by atoms with Gasteiger partial charge in [0.25, 0.3) is 0 Å². The summed E-state index contributed by atoms with van der Waals surface area (Å²) in [6.45, 7) is 0. The van der Waals surface area contributed by atoms with Crippen LogP contribution in [0.2, 0.25) is 0 Å². The molecule has 4 aliphatic rings. The molecule has 4 rings (SSSR count). The molecular weight excluding hydrogens is 260 g/mol. The monoisotopic (exact) mass is 284 g/mol. The molecular formula is C14H24N2O2S. The van der Waals surface area contributed by atoms with Crippen molar-refractivity contribution in [1.82, 2.24) is 0 Å². The fourth-order valence-corrected chi connectivity index (χ4v) is 6.71. The Morgan fingerprint density at radius 1 is 0.737 bits per heavy atom. The standard InChI is InChI=1S/C14H24N2O2S/c17-19(18,15-13-5-1-11(9-13)2-6-13)16-14-7-3-12(10-14)4-8-14/h11-12H,1-10H2,(H2,15,16,17,18). The molecule has 4 fully saturated rings. The summed E-state index contributed by atoms with van der Waals surface area (Å²) < 4.78 is 29.7. The number of rotatable bonds is 2. The van der Waals surface area contributed by atoms with Crippen LogP contribution < -0.4 is 0 Å². The molecule has 0 radical (unpaired) electrons. The molecule has 0 aromatic rings. The number of hydrogen-bond acceptors (Lipinski definition) is 2. The van der Waals surface area contributed by atoms with E-state index in [1.165, 1.54) is 25.7 Å². The molecule has 5 heteroatoms. The van der Waals surface area contributed by atoms with Gasteiger partial charge in [-0.15, -0.1) is 0 Å². The minimum absolute atomic E-state index is 0.139. The molecule has 0 spiro atoms. The van der Waals surface area contributed by atoms with Crippen molar-refractivity contribution in [1.29, 1.82) is 0 Å². The summed E-state index contributed by atoms with van der Waals surface area (Å²) in [4.78, 5) is 0. The maximum atomic E-state index is 10.4. The first-order chi connectivity index (χ1) is 8.99. The van der Waals surface area contributed by atoms with Gasteiger partial charge in [-0.1, -0.05) is 0 Å². The highest BCUT2D eigenvalue weighted by atomic mass is 32.2. The van der Waals surface area contributed by atoms with Crippen molar-refractivity contribution in [3.63, 3.8) is 0 Å². The molecule has 2 N–H and O–H groups in total. The third-order valence-electron chi connectivity index (χ3n) is 6.04. The third kappa shape index (κ3) is 2.14. The fraction of sp³-hybridized carbons (Fsp3) is 1.00. The van der Waals surface area contributed by atoms with E-state index in [-0.39, 0.29) is 11.1 Å². The van der Waals surface area contributed by atoms with E-state index >= 15 is 0 Å². The molecule has 0 aromatic heterocycles. The minimum Gasteiger partial charge on any atom is -0.295 e. The topological polar surface area (TPSA) is 65.2 Å². The molecule has 19 heavy (non-hydrogen) atoms. The molecule has 0 heterocycles. The first-order valence-corrected chi connectivity index (χ1v) is 9.21. The summed E-state index contributed by atoms with van der Waals surface area (Å²) in [7, 11) is -3.09. The average Bonchev–Trinajstić information content (AvgIpc) is 3.05. The number of nitrogens with zero attached hydrogens (tertiary/aromatic N) is 2. The summed E-state index contributed by atoms with van der Waals surface area (Å²) in [5, 5.41) is 0. The molecule has 4 aliphatic carbocycles. The van der Waals surface area contributed by atoms with Gasteiger partial charge < -0.3 is 0 Å². The van der Waals surface area contributed by atoms with Crippen LogP contribution in [0.4, 0.5) is 0 Å². The lowest BCUT2D eigenvalue weighted by Gasteiger charge is -2.25. The normalized spacial score (nSPS) is 47.9. The van der Waals surface area contributed by atoms with E-state index in [4.69, 9.17) is 0 Å². The molecule has 0 unspecified atom stereocenters. The Bertz CT molecular complexity index is 456. The zero-order valence-corrected chi connectivity index (χ0v) is 12.2. The zero-order valence-electron chi connectivity index (χ0n) is 11.4. The van der Waals surface area contributed by atoms with Crippen molar-refractivity contribution < 1.29 is 9.11 Å². The smallest absolute Gasteiger partial charge is 0.177 e.